The van der Waals surface area contributed by atoms with Gasteiger partial charge in [0, 0.05) is 12.6 Å². The van der Waals surface area contributed by atoms with Crippen LogP contribution < -0.4 is 10.0 Å². The van der Waals surface area contributed by atoms with Gasteiger partial charge in [0.2, 0.25) is 10.0 Å². The van der Waals surface area contributed by atoms with Gasteiger partial charge in [-0.15, -0.1) is 0 Å². The van der Waals surface area contributed by atoms with E-state index in [-0.39, 0.29) is 22.1 Å². The van der Waals surface area contributed by atoms with Crippen molar-refractivity contribution in [1.29, 1.82) is 0 Å². The Morgan fingerprint density at radius 1 is 1.11 bits per heavy atom. The highest BCUT2D eigenvalue weighted by molar-refractivity contribution is 7.90. The molecule has 0 aromatic heterocycles. The van der Waals surface area contributed by atoms with E-state index in [2.05, 4.69) is 37.7 Å². The van der Waals surface area contributed by atoms with E-state index in [4.69, 9.17) is 0 Å². The van der Waals surface area contributed by atoms with Gasteiger partial charge in [0.25, 0.3) is 0 Å². The van der Waals surface area contributed by atoms with E-state index in [1.54, 1.807) is 0 Å². The molecular weight excluding hydrogens is 260 g/mol. The molecule has 4 nitrogen and oxygen atoms in total. The molecule has 0 amide bonds. The van der Waals surface area contributed by atoms with Crippen LogP contribution in [0.5, 0.6) is 0 Å². The number of rotatable bonds is 3. The van der Waals surface area contributed by atoms with Crippen LogP contribution in [0.1, 0.15) is 53.4 Å². The quantitative estimate of drug-likeness (QED) is 0.833. The zero-order chi connectivity index (χ0) is 14.3. The van der Waals surface area contributed by atoms with E-state index in [9.17, 15) is 8.42 Å². The van der Waals surface area contributed by atoms with Gasteiger partial charge in [0.05, 0.1) is 5.25 Å². The highest BCUT2D eigenvalue weighted by Gasteiger charge is 2.41. The van der Waals surface area contributed by atoms with Crippen LogP contribution in [0.25, 0.3) is 0 Å². The molecule has 2 fully saturated rings. The lowest BCUT2D eigenvalue weighted by atomic mass is 9.64. The maximum absolute atomic E-state index is 12.4. The molecule has 0 bridgehead atoms. The fourth-order valence-corrected chi connectivity index (χ4v) is 5.74. The number of nitrogens with one attached hydrogen (secondary N) is 2. The highest BCUT2D eigenvalue weighted by atomic mass is 32.2. The summed E-state index contributed by atoms with van der Waals surface area (Å²) in [6, 6.07) is 0.0874. The Labute approximate surface area is 117 Å². The van der Waals surface area contributed by atoms with Crippen LogP contribution >= 0.6 is 0 Å². The molecule has 1 atom stereocenters. The summed E-state index contributed by atoms with van der Waals surface area (Å²) in [6.45, 7) is 10.4. The Bertz CT molecular complexity index is 407. The van der Waals surface area contributed by atoms with Crippen LogP contribution in [-0.4, -0.2) is 32.8 Å². The molecule has 0 aromatic carbocycles. The molecule has 5 heteroatoms. The van der Waals surface area contributed by atoms with Gasteiger partial charge in [-0.2, -0.15) is 0 Å². The van der Waals surface area contributed by atoms with Crippen molar-refractivity contribution in [3.05, 3.63) is 0 Å². The van der Waals surface area contributed by atoms with Gasteiger partial charge in [-0.25, -0.2) is 13.1 Å². The van der Waals surface area contributed by atoms with Crippen molar-refractivity contribution in [2.24, 2.45) is 10.8 Å². The average Bonchev–Trinajstić information content (AvgIpc) is 2.62. The normalized spacial score (nSPS) is 31.5. The van der Waals surface area contributed by atoms with Crippen LogP contribution in [0, 0.1) is 10.8 Å². The molecule has 1 saturated carbocycles. The third kappa shape index (κ3) is 3.92. The van der Waals surface area contributed by atoms with E-state index in [0.29, 0.717) is 6.54 Å². The van der Waals surface area contributed by atoms with Gasteiger partial charge in [0.1, 0.15) is 0 Å². The van der Waals surface area contributed by atoms with Crippen LogP contribution in [0.4, 0.5) is 0 Å². The van der Waals surface area contributed by atoms with E-state index in [1.807, 2.05) is 0 Å². The number of hydrogen-bond donors (Lipinski definition) is 2. The van der Waals surface area contributed by atoms with Crippen LogP contribution in [0.2, 0.25) is 0 Å². The summed E-state index contributed by atoms with van der Waals surface area (Å²) in [7, 11) is -3.17. The lowest BCUT2D eigenvalue weighted by Gasteiger charge is -2.45. The summed E-state index contributed by atoms with van der Waals surface area (Å²) in [4.78, 5) is 0. The summed E-state index contributed by atoms with van der Waals surface area (Å²) in [5, 5.41) is 2.88. The molecule has 2 aliphatic rings. The first-order chi connectivity index (χ1) is 8.60. The van der Waals surface area contributed by atoms with Gasteiger partial charge in [0.15, 0.2) is 0 Å². The van der Waals surface area contributed by atoms with Crippen molar-refractivity contribution in [1.82, 2.24) is 10.0 Å². The molecule has 1 aliphatic heterocycles. The zero-order valence-electron chi connectivity index (χ0n) is 12.6. The second-order valence-corrected chi connectivity index (χ2v) is 9.88. The lowest BCUT2D eigenvalue weighted by molar-refractivity contribution is 0.0933. The SMILES string of the molecule is CC1(C)CC(NS(=O)(=O)C2CCNC2)CC(C)(C)C1. The Morgan fingerprint density at radius 3 is 2.16 bits per heavy atom. The van der Waals surface area contributed by atoms with E-state index < -0.39 is 10.0 Å². The van der Waals surface area contributed by atoms with Gasteiger partial charge in [-0.3, -0.25) is 0 Å². The smallest absolute Gasteiger partial charge is 0.216 e. The summed E-state index contributed by atoms with van der Waals surface area (Å²) in [5.41, 5.74) is 0.422. The van der Waals surface area contributed by atoms with E-state index in [0.717, 1.165) is 32.2 Å². The molecule has 0 spiro atoms. The van der Waals surface area contributed by atoms with Crippen LogP contribution in [-0.2, 0) is 10.0 Å². The fraction of sp³-hybridized carbons (Fsp3) is 1.00. The predicted molar refractivity (Wildman–Crippen MR) is 78.5 cm³/mol. The largest absolute Gasteiger partial charge is 0.315 e. The molecule has 0 aromatic rings. The first-order valence-electron chi connectivity index (χ1n) is 7.32. The van der Waals surface area contributed by atoms with Gasteiger partial charge in [-0.05, 0) is 43.1 Å². The molecule has 1 saturated heterocycles. The number of hydrogen-bond acceptors (Lipinski definition) is 3. The molecule has 2 rings (SSSR count). The van der Waals surface area contributed by atoms with Gasteiger partial charge >= 0.3 is 0 Å². The van der Waals surface area contributed by atoms with Crippen molar-refractivity contribution in [2.75, 3.05) is 13.1 Å². The minimum atomic E-state index is -3.17. The van der Waals surface area contributed by atoms with Crippen molar-refractivity contribution in [3.8, 4) is 0 Å². The molecule has 1 heterocycles. The maximum atomic E-state index is 12.4. The molecule has 19 heavy (non-hydrogen) atoms. The molecular formula is C14H28N2O2S. The van der Waals surface area contributed by atoms with Gasteiger partial charge < -0.3 is 5.32 Å². The topological polar surface area (TPSA) is 58.2 Å². The summed E-state index contributed by atoms with van der Waals surface area (Å²) < 4.78 is 27.7. The Balaban J connectivity index is 2.05. The monoisotopic (exact) mass is 288 g/mol. The second kappa shape index (κ2) is 5.01. The maximum Gasteiger partial charge on any atom is 0.216 e. The summed E-state index contributed by atoms with van der Waals surface area (Å²) in [6.07, 6.45) is 3.77. The molecule has 0 radical (unpaired) electrons. The Kier molecular flexibility index (Phi) is 4.02. The standard InChI is InChI=1S/C14H28N2O2S/c1-13(2)7-11(8-14(3,4)10-13)16-19(17,18)12-5-6-15-9-12/h11-12,15-16H,5-10H2,1-4H3. The fourth-order valence-electron chi connectivity index (χ4n) is 4.15. The molecule has 2 N–H and O–H groups in total. The predicted octanol–water partition coefficient (Wildman–Crippen LogP) is 1.87. The molecule has 112 valence electrons. The Hall–Kier alpha value is -0.130. The van der Waals surface area contributed by atoms with Crippen molar-refractivity contribution in [2.45, 2.75) is 64.7 Å². The first-order valence-corrected chi connectivity index (χ1v) is 8.86. The minimum absolute atomic E-state index is 0.0874. The van der Waals surface area contributed by atoms with Crippen LogP contribution in [0.3, 0.4) is 0 Å². The van der Waals surface area contributed by atoms with Crippen molar-refractivity contribution < 1.29 is 8.42 Å². The third-order valence-corrected chi connectivity index (χ3v) is 6.28. The van der Waals surface area contributed by atoms with E-state index in [1.165, 1.54) is 0 Å². The third-order valence-electron chi connectivity index (χ3n) is 4.34. The number of sulfonamides is 1. The lowest BCUT2D eigenvalue weighted by Crippen LogP contribution is -2.48. The summed E-state index contributed by atoms with van der Waals surface area (Å²) in [5.74, 6) is 0. The summed E-state index contributed by atoms with van der Waals surface area (Å²) >= 11 is 0. The van der Waals surface area contributed by atoms with Crippen molar-refractivity contribution in [3.63, 3.8) is 0 Å². The highest BCUT2D eigenvalue weighted by Crippen LogP contribution is 2.45. The second-order valence-electron chi connectivity index (χ2n) is 7.89. The van der Waals surface area contributed by atoms with Gasteiger partial charge in [-0.1, -0.05) is 27.7 Å². The van der Waals surface area contributed by atoms with Crippen LogP contribution in [0.15, 0.2) is 0 Å². The molecule has 1 aliphatic carbocycles. The molecule has 1 unspecified atom stereocenters. The first kappa shape index (κ1) is 15.3. The Morgan fingerprint density at radius 2 is 1.68 bits per heavy atom. The average molecular weight is 288 g/mol. The van der Waals surface area contributed by atoms with Crippen molar-refractivity contribution >= 4 is 10.0 Å². The minimum Gasteiger partial charge on any atom is -0.315 e. The zero-order valence-corrected chi connectivity index (χ0v) is 13.4. The van der Waals surface area contributed by atoms with E-state index >= 15 is 0 Å².